The Hall–Kier alpha value is -0.690. The van der Waals surface area contributed by atoms with Crippen LogP contribution in [0.25, 0.3) is 0 Å². The number of ether oxygens (including phenoxy) is 1. The van der Waals surface area contributed by atoms with Crippen LogP contribution in [0, 0.1) is 0 Å². The summed E-state index contributed by atoms with van der Waals surface area (Å²) in [4.78, 5) is 13.0. The lowest BCUT2D eigenvalue weighted by Gasteiger charge is -2.15. The number of carbonyl (C=O) groups excluding carboxylic acids is 1. The zero-order valence-electron chi connectivity index (χ0n) is 9.07. The number of likely N-dealkylation sites (N-methyl/N-ethyl adjacent to an activating group) is 1. The number of amides is 1. The van der Waals surface area contributed by atoms with Gasteiger partial charge >= 0.3 is 0 Å². The highest BCUT2D eigenvalue weighted by Crippen LogP contribution is 1.79. The van der Waals surface area contributed by atoms with Gasteiger partial charge in [0.05, 0.1) is 13.2 Å². The van der Waals surface area contributed by atoms with E-state index in [2.05, 4.69) is 5.32 Å². The van der Waals surface area contributed by atoms with Gasteiger partial charge in [-0.05, 0) is 7.05 Å². The molecule has 6 heteroatoms. The highest BCUT2D eigenvalue weighted by molar-refractivity contribution is 5.77. The average Bonchev–Trinajstić information content (AvgIpc) is 2.18. The molecule has 0 saturated heterocycles. The minimum absolute atomic E-state index is 0.0635. The van der Waals surface area contributed by atoms with Gasteiger partial charge in [-0.15, -0.1) is 0 Å². The van der Waals surface area contributed by atoms with E-state index in [0.717, 1.165) is 0 Å². The zero-order valence-corrected chi connectivity index (χ0v) is 9.07. The fourth-order valence-corrected chi connectivity index (χ4v) is 0.944. The molecule has 1 amide bonds. The molecule has 0 aromatic rings. The van der Waals surface area contributed by atoms with E-state index in [1.807, 2.05) is 11.9 Å². The lowest BCUT2D eigenvalue weighted by molar-refractivity contribution is -0.126. The van der Waals surface area contributed by atoms with Crippen LogP contribution in [-0.2, 0) is 14.6 Å². The predicted octanol–water partition coefficient (Wildman–Crippen LogP) is -1.53. The van der Waals surface area contributed by atoms with Gasteiger partial charge in [-0.2, -0.15) is 0 Å². The third kappa shape index (κ3) is 9.61. The van der Waals surface area contributed by atoms with Gasteiger partial charge in [-0.25, -0.2) is 5.11 Å². The molecule has 0 saturated carbocycles. The molecule has 0 heterocycles. The summed E-state index contributed by atoms with van der Waals surface area (Å²) in [6.07, 6.45) is 0. The standard InChI is InChI=1S/C9H19N2O4/c1-11(4-5-12)3-2-10-9(14)8-15-7-6-13/h12H,2-8H2,1H3,(H,10,14). The first-order valence-electron chi connectivity index (χ1n) is 4.92. The van der Waals surface area contributed by atoms with Crippen molar-refractivity contribution in [3.05, 3.63) is 0 Å². The third-order valence-corrected chi connectivity index (χ3v) is 1.76. The Morgan fingerprint density at radius 1 is 1.47 bits per heavy atom. The second-order valence-electron chi connectivity index (χ2n) is 3.13. The smallest absolute Gasteiger partial charge is 0.246 e. The highest BCUT2D eigenvalue weighted by Gasteiger charge is 2.01. The molecule has 0 unspecified atom stereocenters. The summed E-state index contributed by atoms with van der Waals surface area (Å²) in [6.45, 7) is 1.56. The number of rotatable bonds is 9. The largest absolute Gasteiger partial charge is 0.395 e. The van der Waals surface area contributed by atoms with Crippen molar-refractivity contribution in [3.8, 4) is 0 Å². The first-order chi connectivity index (χ1) is 7.20. The van der Waals surface area contributed by atoms with Crippen molar-refractivity contribution in [1.29, 1.82) is 0 Å². The third-order valence-electron chi connectivity index (χ3n) is 1.76. The Labute approximate surface area is 89.8 Å². The summed E-state index contributed by atoms with van der Waals surface area (Å²) in [5.74, 6) is -0.221. The van der Waals surface area contributed by atoms with Gasteiger partial charge in [0.15, 0.2) is 0 Å². The van der Waals surface area contributed by atoms with Crippen molar-refractivity contribution in [2.75, 3.05) is 53.1 Å². The van der Waals surface area contributed by atoms with Crippen LogP contribution in [-0.4, -0.2) is 69.0 Å². The summed E-state index contributed by atoms with van der Waals surface area (Å²) in [5.41, 5.74) is 0. The summed E-state index contributed by atoms with van der Waals surface area (Å²) in [7, 11) is 1.86. The van der Waals surface area contributed by atoms with Crippen LogP contribution in [0.1, 0.15) is 0 Å². The monoisotopic (exact) mass is 219 g/mol. The molecule has 15 heavy (non-hydrogen) atoms. The molecule has 0 rings (SSSR count). The van der Waals surface area contributed by atoms with Gasteiger partial charge in [-0.1, -0.05) is 0 Å². The molecule has 0 aliphatic heterocycles. The predicted molar refractivity (Wildman–Crippen MR) is 54.0 cm³/mol. The van der Waals surface area contributed by atoms with Crippen LogP contribution < -0.4 is 5.32 Å². The maximum absolute atomic E-state index is 11.1. The molecule has 0 aliphatic carbocycles. The van der Waals surface area contributed by atoms with E-state index in [9.17, 15) is 9.90 Å². The molecule has 89 valence electrons. The highest BCUT2D eigenvalue weighted by atomic mass is 16.5. The second-order valence-corrected chi connectivity index (χ2v) is 3.13. The van der Waals surface area contributed by atoms with Crippen LogP contribution in [0.15, 0.2) is 0 Å². The molecule has 2 N–H and O–H groups in total. The number of aliphatic hydroxyl groups is 1. The quantitative estimate of drug-likeness (QED) is 0.461. The molecule has 0 atom stereocenters. The summed E-state index contributed by atoms with van der Waals surface area (Å²) < 4.78 is 4.77. The molecule has 0 bridgehead atoms. The van der Waals surface area contributed by atoms with Crippen LogP contribution in [0.3, 0.4) is 0 Å². The number of nitrogens with zero attached hydrogens (tertiary/aromatic N) is 1. The number of aliphatic hydroxyl groups excluding tert-OH is 1. The molecular weight excluding hydrogens is 200 g/mol. The normalized spacial score (nSPS) is 10.7. The van der Waals surface area contributed by atoms with E-state index in [1.165, 1.54) is 0 Å². The van der Waals surface area contributed by atoms with E-state index < -0.39 is 0 Å². The Balaban J connectivity index is 3.30. The van der Waals surface area contributed by atoms with Crippen molar-refractivity contribution < 1.29 is 19.7 Å². The lowest BCUT2D eigenvalue weighted by atomic mass is 10.5. The summed E-state index contributed by atoms with van der Waals surface area (Å²) in [5, 5.41) is 21.3. The summed E-state index contributed by atoms with van der Waals surface area (Å²) in [6, 6.07) is 0. The topological polar surface area (TPSA) is 81.7 Å². The van der Waals surface area contributed by atoms with E-state index in [1.54, 1.807) is 0 Å². The van der Waals surface area contributed by atoms with Crippen LogP contribution in [0.5, 0.6) is 0 Å². The van der Waals surface area contributed by atoms with Gasteiger partial charge < -0.3 is 20.1 Å². The van der Waals surface area contributed by atoms with Crippen LogP contribution in [0.4, 0.5) is 0 Å². The number of hydrogen-bond acceptors (Lipinski definition) is 4. The minimum Gasteiger partial charge on any atom is -0.395 e. The Bertz CT molecular complexity index is 166. The SMILES string of the molecule is CN(CCO)CCNC(=O)COCC[O]. The van der Waals surface area contributed by atoms with Crippen LogP contribution in [0.2, 0.25) is 0 Å². The van der Waals surface area contributed by atoms with Crippen molar-refractivity contribution in [2.24, 2.45) is 0 Å². The van der Waals surface area contributed by atoms with Gasteiger partial charge in [-0.3, -0.25) is 4.79 Å². The maximum atomic E-state index is 11.1. The van der Waals surface area contributed by atoms with Gasteiger partial charge in [0.25, 0.3) is 0 Å². The second kappa shape index (κ2) is 9.85. The van der Waals surface area contributed by atoms with Gasteiger partial charge in [0.1, 0.15) is 13.2 Å². The fraction of sp³-hybridized carbons (Fsp3) is 0.889. The van der Waals surface area contributed by atoms with Crippen molar-refractivity contribution in [3.63, 3.8) is 0 Å². The van der Waals surface area contributed by atoms with Crippen molar-refractivity contribution in [2.45, 2.75) is 0 Å². The number of hydrogen-bond donors (Lipinski definition) is 2. The molecule has 0 aliphatic rings. The van der Waals surface area contributed by atoms with Gasteiger partial charge in [0, 0.05) is 19.6 Å². The Kier molecular flexibility index (Phi) is 9.40. The minimum atomic E-state index is -0.327. The Morgan fingerprint density at radius 2 is 2.20 bits per heavy atom. The Morgan fingerprint density at radius 3 is 2.80 bits per heavy atom. The van der Waals surface area contributed by atoms with E-state index >= 15 is 0 Å². The molecule has 0 fully saturated rings. The molecule has 6 nitrogen and oxygen atoms in total. The molecular formula is C9H19N2O4. The molecule has 0 spiro atoms. The molecule has 0 aromatic carbocycles. The molecule has 0 aromatic heterocycles. The number of carbonyl (C=O) groups is 1. The maximum Gasteiger partial charge on any atom is 0.246 e. The zero-order chi connectivity index (χ0) is 11.5. The lowest BCUT2D eigenvalue weighted by Crippen LogP contribution is -2.36. The molecule has 1 radical (unpaired) electrons. The van der Waals surface area contributed by atoms with E-state index in [4.69, 9.17) is 9.84 Å². The first-order valence-corrected chi connectivity index (χ1v) is 4.92. The number of nitrogens with one attached hydrogen (secondary N) is 1. The van der Waals surface area contributed by atoms with Crippen molar-refractivity contribution in [1.82, 2.24) is 10.2 Å². The first kappa shape index (κ1) is 14.3. The van der Waals surface area contributed by atoms with Crippen molar-refractivity contribution >= 4 is 5.91 Å². The average molecular weight is 219 g/mol. The summed E-state index contributed by atoms with van der Waals surface area (Å²) >= 11 is 0. The van der Waals surface area contributed by atoms with E-state index in [-0.39, 0.29) is 32.3 Å². The van der Waals surface area contributed by atoms with Gasteiger partial charge in [0.2, 0.25) is 5.91 Å². The fourth-order valence-electron chi connectivity index (χ4n) is 0.944. The van der Waals surface area contributed by atoms with Crippen LogP contribution >= 0.6 is 0 Å². The van der Waals surface area contributed by atoms with E-state index in [0.29, 0.717) is 19.6 Å².